The van der Waals surface area contributed by atoms with Crippen molar-refractivity contribution in [1.29, 1.82) is 0 Å². The number of ether oxygens (including phenoxy) is 1. The second-order valence-corrected chi connectivity index (χ2v) is 5.35. The highest BCUT2D eigenvalue weighted by Gasteiger charge is 2.36. The van der Waals surface area contributed by atoms with Gasteiger partial charge in [0.1, 0.15) is 0 Å². The van der Waals surface area contributed by atoms with E-state index in [-0.39, 0.29) is 11.9 Å². The molecule has 1 saturated heterocycles. The number of carbonyl (C=O) groups is 1. The summed E-state index contributed by atoms with van der Waals surface area (Å²) in [4.78, 5) is 14.0. The highest BCUT2D eigenvalue weighted by molar-refractivity contribution is 5.72. The van der Waals surface area contributed by atoms with E-state index in [1.165, 1.54) is 32.8 Å². The fourth-order valence-electron chi connectivity index (χ4n) is 3.39. The molecule has 3 unspecified atom stereocenters. The Morgan fingerprint density at radius 2 is 2.12 bits per heavy atom. The molecular formula is C13H24N2O2. The topological polar surface area (TPSA) is 55.6 Å². The smallest absolute Gasteiger partial charge is 0.310 e. The first-order chi connectivity index (χ1) is 8.26. The molecule has 1 heterocycles. The molecule has 0 amide bonds. The molecule has 0 aromatic carbocycles. The monoisotopic (exact) mass is 240 g/mol. The summed E-state index contributed by atoms with van der Waals surface area (Å²) < 4.78 is 4.83. The standard InChI is InChI=1S/C13H24N2O2/c1-17-13(16)11-6-7-15(9-11)12-5-3-2-4-10(12)8-14/h10-12H,2-9,14H2,1H3. The van der Waals surface area contributed by atoms with Gasteiger partial charge in [0.2, 0.25) is 0 Å². The summed E-state index contributed by atoms with van der Waals surface area (Å²) in [7, 11) is 1.48. The van der Waals surface area contributed by atoms with Gasteiger partial charge in [-0.15, -0.1) is 0 Å². The highest BCUT2D eigenvalue weighted by atomic mass is 16.5. The molecule has 0 radical (unpaired) electrons. The van der Waals surface area contributed by atoms with Crippen molar-refractivity contribution in [2.75, 3.05) is 26.7 Å². The zero-order valence-electron chi connectivity index (χ0n) is 10.7. The van der Waals surface area contributed by atoms with Crippen molar-refractivity contribution >= 4 is 5.97 Å². The molecule has 2 rings (SSSR count). The molecular weight excluding hydrogens is 216 g/mol. The van der Waals surface area contributed by atoms with Crippen molar-refractivity contribution in [3.05, 3.63) is 0 Å². The van der Waals surface area contributed by atoms with Crippen LogP contribution in [0, 0.1) is 11.8 Å². The van der Waals surface area contributed by atoms with Crippen LogP contribution in [0.3, 0.4) is 0 Å². The minimum absolute atomic E-state index is 0.0485. The van der Waals surface area contributed by atoms with Crippen LogP contribution in [0.15, 0.2) is 0 Å². The minimum Gasteiger partial charge on any atom is -0.469 e. The van der Waals surface area contributed by atoms with Crippen LogP contribution < -0.4 is 5.73 Å². The van der Waals surface area contributed by atoms with Gasteiger partial charge in [0.05, 0.1) is 13.0 Å². The molecule has 2 N–H and O–H groups in total. The van der Waals surface area contributed by atoms with Crippen LogP contribution in [0.2, 0.25) is 0 Å². The van der Waals surface area contributed by atoms with E-state index in [0.29, 0.717) is 12.0 Å². The largest absolute Gasteiger partial charge is 0.469 e. The lowest BCUT2D eigenvalue weighted by Crippen LogP contribution is -2.44. The number of rotatable bonds is 3. The van der Waals surface area contributed by atoms with Crippen molar-refractivity contribution in [3.8, 4) is 0 Å². The minimum atomic E-state index is -0.0485. The molecule has 0 aromatic heterocycles. The summed E-state index contributed by atoms with van der Waals surface area (Å²) >= 11 is 0. The summed E-state index contributed by atoms with van der Waals surface area (Å²) in [6.07, 6.45) is 6.06. The van der Waals surface area contributed by atoms with Gasteiger partial charge in [-0.1, -0.05) is 12.8 Å². The van der Waals surface area contributed by atoms with Crippen LogP contribution in [0.5, 0.6) is 0 Å². The molecule has 2 fully saturated rings. The Balaban J connectivity index is 1.92. The average Bonchev–Trinajstić information content (AvgIpc) is 2.87. The lowest BCUT2D eigenvalue weighted by molar-refractivity contribution is -0.145. The Morgan fingerprint density at radius 3 is 2.82 bits per heavy atom. The highest BCUT2D eigenvalue weighted by Crippen LogP contribution is 2.31. The van der Waals surface area contributed by atoms with Gasteiger partial charge in [-0.05, 0) is 38.3 Å². The molecule has 1 aliphatic carbocycles. The Labute approximate surface area is 103 Å². The Hall–Kier alpha value is -0.610. The van der Waals surface area contributed by atoms with E-state index in [2.05, 4.69) is 4.90 Å². The Bertz CT molecular complexity index is 270. The number of hydrogen-bond donors (Lipinski definition) is 1. The maximum atomic E-state index is 11.5. The molecule has 4 heteroatoms. The predicted molar refractivity (Wildman–Crippen MR) is 66.5 cm³/mol. The SMILES string of the molecule is COC(=O)C1CCN(C2CCCCC2CN)C1. The Kier molecular flexibility index (Phi) is 4.40. The maximum absolute atomic E-state index is 11.5. The summed E-state index contributed by atoms with van der Waals surface area (Å²) in [6.45, 7) is 2.68. The van der Waals surface area contributed by atoms with E-state index in [0.717, 1.165) is 26.1 Å². The number of nitrogens with two attached hydrogens (primary N) is 1. The van der Waals surface area contributed by atoms with Crippen LogP contribution in [-0.4, -0.2) is 43.7 Å². The molecule has 0 aromatic rings. The van der Waals surface area contributed by atoms with Crippen LogP contribution in [0.25, 0.3) is 0 Å². The fourth-order valence-corrected chi connectivity index (χ4v) is 3.39. The fraction of sp³-hybridized carbons (Fsp3) is 0.923. The first-order valence-electron chi connectivity index (χ1n) is 6.78. The van der Waals surface area contributed by atoms with Gasteiger partial charge >= 0.3 is 5.97 Å². The second kappa shape index (κ2) is 5.83. The molecule has 1 saturated carbocycles. The molecule has 3 atom stereocenters. The number of carbonyl (C=O) groups excluding carboxylic acids is 1. The van der Waals surface area contributed by atoms with Gasteiger partial charge in [-0.25, -0.2) is 0 Å². The van der Waals surface area contributed by atoms with Gasteiger partial charge in [0.25, 0.3) is 0 Å². The van der Waals surface area contributed by atoms with Crippen molar-refractivity contribution in [3.63, 3.8) is 0 Å². The molecule has 2 aliphatic rings. The van der Waals surface area contributed by atoms with Crippen LogP contribution in [0.1, 0.15) is 32.1 Å². The second-order valence-electron chi connectivity index (χ2n) is 5.35. The molecule has 0 spiro atoms. The lowest BCUT2D eigenvalue weighted by Gasteiger charge is -2.37. The number of esters is 1. The van der Waals surface area contributed by atoms with E-state index in [4.69, 9.17) is 10.5 Å². The van der Waals surface area contributed by atoms with E-state index < -0.39 is 0 Å². The first-order valence-corrected chi connectivity index (χ1v) is 6.78. The van der Waals surface area contributed by atoms with Gasteiger partial charge in [0, 0.05) is 12.6 Å². The van der Waals surface area contributed by atoms with Crippen LogP contribution >= 0.6 is 0 Å². The maximum Gasteiger partial charge on any atom is 0.310 e. The molecule has 17 heavy (non-hydrogen) atoms. The van der Waals surface area contributed by atoms with E-state index in [9.17, 15) is 4.79 Å². The molecule has 1 aliphatic heterocycles. The third-order valence-corrected chi connectivity index (χ3v) is 4.39. The summed E-state index contributed by atoms with van der Waals surface area (Å²) in [6, 6.07) is 0.600. The normalized spacial score (nSPS) is 34.8. The van der Waals surface area contributed by atoms with Gasteiger partial charge in [-0.3, -0.25) is 9.69 Å². The number of hydrogen-bond acceptors (Lipinski definition) is 4. The third-order valence-electron chi connectivity index (χ3n) is 4.39. The van der Waals surface area contributed by atoms with Gasteiger partial charge < -0.3 is 10.5 Å². The molecule has 0 bridgehead atoms. The van der Waals surface area contributed by atoms with Gasteiger partial charge in [-0.2, -0.15) is 0 Å². The first kappa shape index (κ1) is 12.8. The predicted octanol–water partition coefficient (Wildman–Crippen LogP) is 0.999. The molecule has 98 valence electrons. The van der Waals surface area contributed by atoms with Gasteiger partial charge in [0.15, 0.2) is 0 Å². The summed E-state index contributed by atoms with van der Waals surface area (Å²) in [5.41, 5.74) is 5.86. The van der Waals surface area contributed by atoms with E-state index in [1.807, 2.05) is 0 Å². The Morgan fingerprint density at radius 1 is 1.35 bits per heavy atom. The zero-order chi connectivity index (χ0) is 12.3. The quantitative estimate of drug-likeness (QED) is 0.748. The van der Waals surface area contributed by atoms with Crippen molar-refractivity contribution in [2.45, 2.75) is 38.1 Å². The van der Waals surface area contributed by atoms with E-state index >= 15 is 0 Å². The van der Waals surface area contributed by atoms with Crippen molar-refractivity contribution in [1.82, 2.24) is 4.90 Å². The number of methoxy groups -OCH3 is 1. The summed E-state index contributed by atoms with van der Waals surface area (Å²) in [5.74, 6) is 0.660. The lowest BCUT2D eigenvalue weighted by atomic mass is 9.83. The number of likely N-dealkylation sites (tertiary alicyclic amines) is 1. The zero-order valence-corrected chi connectivity index (χ0v) is 10.7. The third kappa shape index (κ3) is 2.80. The van der Waals surface area contributed by atoms with E-state index in [1.54, 1.807) is 0 Å². The number of nitrogens with zero attached hydrogens (tertiary/aromatic N) is 1. The van der Waals surface area contributed by atoms with Crippen molar-refractivity contribution < 1.29 is 9.53 Å². The van der Waals surface area contributed by atoms with Crippen LogP contribution in [-0.2, 0) is 9.53 Å². The van der Waals surface area contributed by atoms with Crippen molar-refractivity contribution in [2.24, 2.45) is 17.6 Å². The summed E-state index contributed by atoms with van der Waals surface area (Å²) in [5, 5.41) is 0. The molecule has 4 nitrogen and oxygen atoms in total. The average molecular weight is 240 g/mol. The van der Waals surface area contributed by atoms with Crippen LogP contribution in [0.4, 0.5) is 0 Å².